The minimum atomic E-state index is -5.08. The second-order valence-electron chi connectivity index (χ2n) is 8.18. The molecule has 0 spiro atoms. The maximum absolute atomic E-state index is 13.7. The Morgan fingerprint density at radius 2 is 1.68 bits per heavy atom. The Morgan fingerprint density at radius 3 is 2.24 bits per heavy atom. The Balaban J connectivity index is 0.000000493. The Morgan fingerprint density at radius 1 is 1.02 bits per heavy atom. The highest BCUT2D eigenvalue weighted by atomic mass is 19.4. The van der Waals surface area contributed by atoms with E-state index in [1.54, 1.807) is 16.7 Å². The number of carboxylic acids is 1. The standard InChI is InChI=1S/C23H19FN8O2.C2HF3O2/c24-14-6-8-15(9-7-14)32-20-16(23(33)27-11-10-25)12-28-17(13-4-2-1-3-5-13)18(20)29-22(32)19-21(26)31-34-30-19;3-2(4,5)1(6)7/h1-9,12H,10-11,25H2,(H2,26,31)(H,27,33);(H,6,7). The highest BCUT2D eigenvalue weighted by Crippen LogP contribution is 2.35. The van der Waals surface area contributed by atoms with Gasteiger partial charge in [-0.15, -0.1) is 0 Å². The highest BCUT2D eigenvalue weighted by molar-refractivity contribution is 6.09. The molecule has 0 saturated carbocycles. The molecule has 3 heterocycles. The molecule has 0 radical (unpaired) electrons. The van der Waals surface area contributed by atoms with Crippen molar-refractivity contribution in [1.29, 1.82) is 0 Å². The van der Waals surface area contributed by atoms with Gasteiger partial charge in [-0.3, -0.25) is 14.3 Å². The molecule has 41 heavy (non-hydrogen) atoms. The molecule has 1 amide bonds. The van der Waals surface area contributed by atoms with Crippen molar-refractivity contribution in [3.8, 4) is 28.5 Å². The van der Waals surface area contributed by atoms with Gasteiger partial charge >= 0.3 is 12.1 Å². The van der Waals surface area contributed by atoms with Crippen molar-refractivity contribution in [2.24, 2.45) is 5.73 Å². The van der Waals surface area contributed by atoms with Gasteiger partial charge in [0.2, 0.25) is 0 Å². The van der Waals surface area contributed by atoms with Crippen LogP contribution >= 0.6 is 0 Å². The number of carboxylic acid groups (broad SMARTS) is 1. The van der Waals surface area contributed by atoms with Gasteiger partial charge in [-0.25, -0.2) is 18.8 Å². The minimum absolute atomic E-state index is 0.0158. The average Bonchev–Trinajstić information content (AvgIpc) is 3.55. The van der Waals surface area contributed by atoms with Crippen molar-refractivity contribution < 1.29 is 36.9 Å². The number of halogens is 4. The maximum atomic E-state index is 13.7. The maximum Gasteiger partial charge on any atom is 0.490 e. The molecule has 0 atom stereocenters. The van der Waals surface area contributed by atoms with E-state index < -0.39 is 18.0 Å². The second kappa shape index (κ2) is 11.8. The van der Waals surface area contributed by atoms with E-state index in [0.29, 0.717) is 22.4 Å². The zero-order valence-corrected chi connectivity index (χ0v) is 20.8. The Hall–Kier alpha value is -5.38. The summed E-state index contributed by atoms with van der Waals surface area (Å²) in [5.41, 5.74) is 14.7. The van der Waals surface area contributed by atoms with Crippen LogP contribution in [0.3, 0.4) is 0 Å². The minimum Gasteiger partial charge on any atom is -0.475 e. The molecular weight excluding hydrogens is 552 g/mol. The van der Waals surface area contributed by atoms with E-state index in [4.69, 9.17) is 31.0 Å². The first kappa shape index (κ1) is 28.6. The monoisotopic (exact) mass is 572 g/mol. The Bertz CT molecular complexity index is 1690. The number of alkyl halides is 3. The van der Waals surface area contributed by atoms with Gasteiger partial charge in [0.15, 0.2) is 17.3 Å². The lowest BCUT2D eigenvalue weighted by Crippen LogP contribution is -2.29. The molecule has 16 heteroatoms. The zero-order chi connectivity index (χ0) is 29.7. The van der Waals surface area contributed by atoms with Gasteiger partial charge in [0.1, 0.15) is 11.3 Å². The van der Waals surface area contributed by atoms with Gasteiger partial charge in [-0.2, -0.15) is 13.2 Å². The number of hydrogen-bond acceptors (Lipinski definition) is 9. The number of pyridine rings is 1. The first-order valence-electron chi connectivity index (χ1n) is 11.6. The number of carbonyl (C=O) groups is 2. The van der Waals surface area contributed by atoms with Gasteiger partial charge in [-0.05, 0) is 34.6 Å². The highest BCUT2D eigenvalue weighted by Gasteiger charge is 2.38. The molecule has 3 aromatic heterocycles. The van der Waals surface area contributed by atoms with E-state index in [9.17, 15) is 22.4 Å². The van der Waals surface area contributed by atoms with Crippen LogP contribution in [-0.2, 0) is 4.79 Å². The SMILES string of the molecule is NCCNC(=O)c1cnc(-c2ccccc2)c2nc(-c3nonc3N)n(-c3ccc(F)cc3)c12.O=C(O)C(F)(F)F. The third kappa shape index (κ3) is 6.11. The van der Waals surface area contributed by atoms with E-state index in [1.807, 2.05) is 30.3 Å². The van der Waals surface area contributed by atoms with Crippen LogP contribution < -0.4 is 16.8 Å². The predicted octanol–water partition coefficient (Wildman–Crippen LogP) is 3.18. The van der Waals surface area contributed by atoms with Crippen LogP contribution in [0, 0.1) is 5.82 Å². The Labute approximate surface area is 227 Å². The number of carbonyl (C=O) groups excluding carboxylic acids is 1. The topological polar surface area (TPSA) is 188 Å². The largest absolute Gasteiger partial charge is 0.490 e. The number of fused-ring (bicyclic) bond motifs is 1. The zero-order valence-electron chi connectivity index (χ0n) is 20.8. The second-order valence-corrected chi connectivity index (χ2v) is 8.18. The van der Waals surface area contributed by atoms with Crippen LogP contribution in [0.1, 0.15) is 10.4 Å². The third-order valence-corrected chi connectivity index (χ3v) is 5.45. The Kier molecular flexibility index (Phi) is 8.23. The van der Waals surface area contributed by atoms with Crippen LogP contribution in [0.4, 0.5) is 23.4 Å². The quantitative estimate of drug-likeness (QED) is 0.220. The number of nitrogens with two attached hydrogens (primary N) is 2. The van der Waals surface area contributed by atoms with Crippen molar-refractivity contribution in [2.75, 3.05) is 18.8 Å². The lowest BCUT2D eigenvalue weighted by atomic mass is 10.1. The molecule has 0 aliphatic carbocycles. The van der Waals surface area contributed by atoms with Crippen LogP contribution in [0.5, 0.6) is 0 Å². The summed E-state index contributed by atoms with van der Waals surface area (Å²) in [5.74, 6) is -3.28. The smallest absolute Gasteiger partial charge is 0.475 e. The lowest BCUT2D eigenvalue weighted by Gasteiger charge is -2.12. The lowest BCUT2D eigenvalue weighted by molar-refractivity contribution is -0.192. The van der Waals surface area contributed by atoms with Crippen molar-refractivity contribution in [3.05, 3.63) is 72.2 Å². The van der Waals surface area contributed by atoms with Gasteiger partial charge in [-0.1, -0.05) is 30.3 Å². The molecule has 0 unspecified atom stereocenters. The molecule has 2 aromatic carbocycles. The third-order valence-electron chi connectivity index (χ3n) is 5.45. The summed E-state index contributed by atoms with van der Waals surface area (Å²) in [7, 11) is 0. The molecular formula is C25H20F4N8O4. The van der Waals surface area contributed by atoms with Crippen LogP contribution in [0.15, 0.2) is 65.4 Å². The number of rotatable bonds is 6. The number of aliphatic carboxylic acids is 1. The molecule has 212 valence electrons. The van der Waals surface area contributed by atoms with Crippen molar-refractivity contribution >= 4 is 28.7 Å². The number of amides is 1. The number of nitrogen functional groups attached to an aromatic ring is 1. The molecule has 0 saturated heterocycles. The number of nitrogens with zero attached hydrogens (tertiary/aromatic N) is 5. The van der Waals surface area contributed by atoms with Crippen molar-refractivity contribution in [1.82, 2.24) is 30.2 Å². The summed E-state index contributed by atoms with van der Waals surface area (Å²) in [5, 5.41) is 17.5. The van der Waals surface area contributed by atoms with Crippen LogP contribution in [-0.4, -0.2) is 61.1 Å². The number of aromatic nitrogens is 5. The van der Waals surface area contributed by atoms with E-state index in [1.165, 1.54) is 18.3 Å². The summed E-state index contributed by atoms with van der Waals surface area (Å²) in [6.07, 6.45) is -3.60. The van der Waals surface area contributed by atoms with Crippen molar-refractivity contribution in [2.45, 2.75) is 6.18 Å². The molecule has 5 rings (SSSR count). The van der Waals surface area contributed by atoms with E-state index in [0.717, 1.165) is 5.56 Å². The number of imidazole rings is 1. The summed E-state index contributed by atoms with van der Waals surface area (Å²) in [6, 6.07) is 15.2. The first-order valence-corrected chi connectivity index (χ1v) is 11.6. The normalized spacial score (nSPS) is 11.1. The summed E-state index contributed by atoms with van der Waals surface area (Å²) < 4.78 is 51.9. The molecule has 0 fully saturated rings. The van der Waals surface area contributed by atoms with E-state index in [-0.39, 0.29) is 41.9 Å². The van der Waals surface area contributed by atoms with Gasteiger partial charge in [0.25, 0.3) is 5.91 Å². The molecule has 12 nitrogen and oxygen atoms in total. The van der Waals surface area contributed by atoms with E-state index in [2.05, 4.69) is 20.6 Å². The molecule has 6 N–H and O–H groups in total. The first-order chi connectivity index (χ1) is 19.5. The summed E-state index contributed by atoms with van der Waals surface area (Å²) >= 11 is 0. The fourth-order valence-electron chi connectivity index (χ4n) is 3.69. The number of anilines is 1. The average molecular weight is 572 g/mol. The van der Waals surface area contributed by atoms with Gasteiger partial charge in [0.05, 0.1) is 16.8 Å². The number of benzene rings is 2. The van der Waals surface area contributed by atoms with E-state index >= 15 is 0 Å². The fraction of sp³-hybridized carbons (Fsp3) is 0.120. The van der Waals surface area contributed by atoms with Crippen LogP contribution in [0.2, 0.25) is 0 Å². The fourth-order valence-corrected chi connectivity index (χ4v) is 3.69. The number of nitrogens with one attached hydrogen (secondary N) is 1. The summed E-state index contributed by atoms with van der Waals surface area (Å²) in [4.78, 5) is 31.3. The van der Waals surface area contributed by atoms with Crippen molar-refractivity contribution in [3.63, 3.8) is 0 Å². The van der Waals surface area contributed by atoms with Crippen LogP contribution in [0.25, 0.3) is 39.5 Å². The van der Waals surface area contributed by atoms with Gasteiger partial charge in [0, 0.05) is 30.5 Å². The molecule has 5 aromatic rings. The molecule has 0 bridgehead atoms. The number of hydrogen-bond donors (Lipinski definition) is 4. The predicted molar refractivity (Wildman–Crippen MR) is 137 cm³/mol. The molecule has 0 aliphatic rings. The summed E-state index contributed by atoms with van der Waals surface area (Å²) in [6.45, 7) is 0.548. The van der Waals surface area contributed by atoms with Gasteiger partial charge < -0.3 is 21.9 Å². The molecule has 0 aliphatic heterocycles.